The van der Waals surface area contributed by atoms with Gasteiger partial charge in [-0.2, -0.15) is 0 Å². The lowest BCUT2D eigenvalue weighted by molar-refractivity contribution is 0.0977. The minimum absolute atomic E-state index is 0.133. The smallest absolute Gasteiger partial charge is 0.257 e. The largest absolute Gasteiger partial charge is 0.491 e. The number of thiocarbonyl (C=S) groups is 1. The summed E-state index contributed by atoms with van der Waals surface area (Å²) in [5.74, 6) is 1.19. The van der Waals surface area contributed by atoms with Crippen molar-refractivity contribution in [1.29, 1.82) is 0 Å². The highest BCUT2D eigenvalue weighted by Gasteiger charge is 2.09. The Morgan fingerprint density at radius 1 is 1.11 bits per heavy atom. The Balaban J connectivity index is 1.86. The SMILES string of the molecule is C=C(C)COc1ccc(NC(=S)NC(=O)c2ccc(OC(C)CC)cc2)cc1. The van der Waals surface area contributed by atoms with Crippen molar-refractivity contribution in [2.24, 2.45) is 0 Å². The minimum Gasteiger partial charge on any atom is -0.491 e. The van der Waals surface area contributed by atoms with Gasteiger partial charge in [0.05, 0.1) is 6.10 Å². The lowest BCUT2D eigenvalue weighted by Gasteiger charge is -2.13. The van der Waals surface area contributed by atoms with E-state index in [1.54, 1.807) is 24.3 Å². The van der Waals surface area contributed by atoms with E-state index < -0.39 is 0 Å². The predicted octanol–water partition coefficient (Wildman–Crippen LogP) is 4.95. The quantitative estimate of drug-likeness (QED) is 0.487. The van der Waals surface area contributed by atoms with Crippen molar-refractivity contribution in [3.63, 3.8) is 0 Å². The Morgan fingerprint density at radius 2 is 1.71 bits per heavy atom. The van der Waals surface area contributed by atoms with E-state index in [9.17, 15) is 4.79 Å². The average Bonchev–Trinajstić information content (AvgIpc) is 2.67. The lowest BCUT2D eigenvalue weighted by atomic mass is 10.2. The summed E-state index contributed by atoms with van der Waals surface area (Å²) in [4.78, 5) is 12.3. The molecule has 2 N–H and O–H groups in total. The molecule has 6 heteroatoms. The molecule has 5 nitrogen and oxygen atoms in total. The van der Waals surface area contributed by atoms with Gasteiger partial charge in [-0.05, 0) is 86.6 Å². The molecule has 0 fully saturated rings. The van der Waals surface area contributed by atoms with Crippen molar-refractivity contribution < 1.29 is 14.3 Å². The van der Waals surface area contributed by atoms with Crippen LogP contribution in [0.1, 0.15) is 37.6 Å². The van der Waals surface area contributed by atoms with Crippen molar-refractivity contribution >= 4 is 28.9 Å². The number of anilines is 1. The molecule has 0 saturated heterocycles. The van der Waals surface area contributed by atoms with Gasteiger partial charge in [0.2, 0.25) is 0 Å². The van der Waals surface area contributed by atoms with Crippen molar-refractivity contribution in [2.45, 2.75) is 33.3 Å². The second-order valence-corrected chi connectivity index (χ2v) is 6.95. The summed E-state index contributed by atoms with van der Waals surface area (Å²) < 4.78 is 11.3. The molecule has 148 valence electrons. The van der Waals surface area contributed by atoms with Crippen LogP contribution in [0.4, 0.5) is 5.69 Å². The van der Waals surface area contributed by atoms with E-state index >= 15 is 0 Å². The van der Waals surface area contributed by atoms with Crippen molar-refractivity contribution in [3.05, 3.63) is 66.2 Å². The van der Waals surface area contributed by atoms with Crippen LogP contribution < -0.4 is 20.1 Å². The fourth-order valence-electron chi connectivity index (χ4n) is 2.18. The third kappa shape index (κ3) is 7.04. The van der Waals surface area contributed by atoms with Crippen molar-refractivity contribution in [2.75, 3.05) is 11.9 Å². The Morgan fingerprint density at radius 3 is 2.29 bits per heavy atom. The van der Waals surface area contributed by atoms with E-state index in [-0.39, 0.29) is 17.1 Å². The molecule has 2 rings (SSSR count). The maximum atomic E-state index is 12.3. The number of ether oxygens (including phenoxy) is 2. The highest BCUT2D eigenvalue weighted by molar-refractivity contribution is 7.80. The monoisotopic (exact) mass is 398 g/mol. The maximum absolute atomic E-state index is 12.3. The molecule has 0 saturated carbocycles. The van der Waals surface area contributed by atoms with Crippen LogP contribution in [0.2, 0.25) is 0 Å². The molecule has 0 heterocycles. The van der Waals surface area contributed by atoms with E-state index in [2.05, 4.69) is 24.1 Å². The van der Waals surface area contributed by atoms with Crippen LogP contribution >= 0.6 is 12.2 Å². The van der Waals surface area contributed by atoms with Crippen LogP contribution in [0.3, 0.4) is 0 Å². The Labute approximate surface area is 171 Å². The van der Waals surface area contributed by atoms with E-state index in [4.69, 9.17) is 21.7 Å². The van der Waals surface area contributed by atoms with Gasteiger partial charge in [-0.1, -0.05) is 13.5 Å². The number of rotatable bonds is 8. The number of carbonyl (C=O) groups excluding carboxylic acids is 1. The molecule has 1 atom stereocenters. The zero-order valence-electron chi connectivity index (χ0n) is 16.5. The van der Waals surface area contributed by atoms with Crippen LogP contribution in [0.25, 0.3) is 0 Å². The van der Waals surface area contributed by atoms with Gasteiger partial charge in [-0.15, -0.1) is 0 Å². The molecule has 0 radical (unpaired) electrons. The third-order valence-electron chi connectivity index (χ3n) is 3.85. The van der Waals surface area contributed by atoms with Crippen LogP contribution in [-0.4, -0.2) is 23.7 Å². The van der Waals surface area contributed by atoms with Crippen LogP contribution in [0.15, 0.2) is 60.7 Å². The first-order valence-electron chi connectivity index (χ1n) is 9.13. The third-order valence-corrected chi connectivity index (χ3v) is 4.06. The summed E-state index contributed by atoms with van der Waals surface area (Å²) in [6.45, 7) is 10.2. The Hall–Kier alpha value is -2.86. The molecule has 0 aliphatic carbocycles. The lowest BCUT2D eigenvalue weighted by Crippen LogP contribution is -2.34. The minimum atomic E-state index is -0.283. The number of carbonyl (C=O) groups is 1. The van der Waals surface area contributed by atoms with Gasteiger partial charge in [0.1, 0.15) is 18.1 Å². The molecular formula is C22H26N2O3S. The topological polar surface area (TPSA) is 59.6 Å². The molecule has 28 heavy (non-hydrogen) atoms. The summed E-state index contributed by atoms with van der Waals surface area (Å²) in [6.07, 6.45) is 1.05. The first-order valence-corrected chi connectivity index (χ1v) is 9.54. The van der Waals surface area contributed by atoms with Crippen LogP contribution in [0, 0.1) is 0 Å². The highest BCUT2D eigenvalue weighted by atomic mass is 32.1. The molecule has 0 aromatic heterocycles. The molecule has 0 aliphatic heterocycles. The van der Waals surface area contributed by atoms with Gasteiger partial charge >= 0.3 is 0 Å². The molecule has 1 unspecified atom stereocenters. The molecule has 2 aromatic carbocycles. The zero-order valence-corrected chi connectivity index (χ0v) is 17.3. The fourth-order valence-corrected chi connectivity index (χ4v) is 2.39. The van der Waals surface area contributed by atoms with Crippen LogP contribution in [0.5, 0.6) is 11.5 Å². The predicted molar refractivity (Wildman–Crippen MR) is 117 cm³/mol. The molecule has 0 bridgehead atoms. The maximum Gasteiger partial charge on any atom is 0.257 e. The first kappa shape index (κ1) is 21.4. The van der Waals surface area contributed by atoms with Gasteiger partial charge < -0.3 is 14.8 Å². The van der Waals surface area contributed by atoms with Crippen LogP contribution in [-0.2, 0) is 0 Å². The number of nitrogens with one attached hydrogen (secondary N) is 2. The standard InChI is InChI=1S/C22H26N2O3S/c1-5-16(4)27-20-10-6-17(7-11-20)21(25)24-22(28)23-18-8-12-19(13-9-18)26-14-15(2)3/h6-13,16H,2,5,14H2,1,3-4H3,(H2,23,24,25,28). The van der Waals surface area contributed by atoms with Gasteiger partial charge in [0.25, 0.3) is 5.91 Å². The van der Waals surface area contributed by atoms with Gasteiger partial charge in [0, 0.05) is 11.3 Å². The molecule has 0 spiro atoms. The first-order chi connectivity index (χ1) is 13.4. The van der Waals surface area contributed by atoms with Crippen molar-refractivity contribution in [1.82, 2.24) is 5.32 Å². The molecular weight excluding hydrogens is 372 g/mol. The van der Waals surface area contributed by atoms with Gasteiger partial charge in [-0.25, -0.2) is 0 Å². The average molecular weight is 399 g/mol. The van der Waals surface area contributed by atoms with Crippen molar-refractivity contribution in [3.8, 4) is 11.5 Å². The molecule has 1 amide bonds. The van der Waals surface area contributed by atoms with Gasteiger partial charge in [-0.3, -0.25) is 10.1 Å². The number of benzene rings is 2. The Kier molecular flexibility index (Phi) is 8.02. The highest BCUT2D eigenvalue weighted by Crippen LogP contribution is 2.17. The zero-order chi connectivity index (χ0) is 20.5. The Bertz CT molecular complexity index is 817. The van der Waals surface area contributed by atoms with E-state index in [0.29, 0.717) is 12.2 Å². The molecule has 0 aliphatic rings. The second kappa shape index (κ2) is 10.5. The number of hydrogen-bond donors (Lipinski definition) is 2. The normalized spacial score (nSPS) is 11.2. The van der Waals surface area contributed by atoms with E-state index in [0.717, 1.165) is 29.2 Å². The fraction of sp³-hybridized carbons (Fsp3) is 0.273. The summed E-state index contributed by atoms with van der Waals surface area (Å²) >= 11 is 5.22. The summed E-state index contributed by atoms with van der Waals surface area (Å²) in [6, 6.07) is 14.3. The number of hydrogen-bond acceptors (Lipinski definition) is 4. The summed E-state index contributed by atoms with van der Waals surface area (Å²) in [5, 5.41) is 5.87. The summed E-state index contributed by atoms with van der Waals surface area (Å²) in [5.41, 5.74) is 2.21. The number of amides is 1. The molecule has 2 aromatic rings. The van der Waals surface area contributed by atoms with E-state index in [1.165, 1.54) is 0 Å². The van der Waals surface area contributed by atoms with E-state index in [1.807, 2.05) is 38.1 Å². The summed E-state index contributed by atoms with van der Waals surface area (Å²) in [7, 11) is 0. The second-order valence-electron chi connectivity index (χ2n) is 6.54. The van der Waals surface area contributed by atoms with Gasteiger partial charge in [0.15, 0.2) is 5.11 Å².